The zero-order chi connectivity index (χ0) is 10.5. The van der Waals surface area contributed by atoms with Crippen molar-refractivity contribution in [3.63, 3.8) is 0 Å². The number of halogens is 1. The quantitative estimate of drug-likeness (QED) is 0.835. The largest absolute Gasteiger partial charge is 0.379 e. The molecule has 0 fully saturated rings. The maximum absolute atomic E-state index is 3.46. The first kappa shape index (κ1) is 12.6. The van der Waals surface area contributed by atoms with Gasteiger partial charge in [-0.3, -0.25) is 0 Å². The summed E-state index contributed by atoms with van der Waals surface area (Å²) in [5.41, 5.74) is 2.47. The molecular formula is C14H16ClN. The molecule has 2 rings (SSSR count). The fraction of sp³-hybridized carbons (Fsp3) is 0.143. The van der Waals surface area contributed by atoms with E-state index in [0.717, 1.165) is 5.69 Å². The summed E-state index contributed by atoms with van der Waals surface area (Å²) in [5, 5.41) is 3.46. The Labute approximate surface area is 103 Å². The molecule has 0 heterocycles. The van der Waals surface area contributed by atoms with Crippen molar-refractivity contribution in [2.75, 3.05) is 5.32 Å². The molecule has 2 aromatic rings. The fourth-order valence-electron chi connectivity index (χ4n) is 1.61. The molecule has 0 radical (unpaired) electrons. The average molecular weight is 234 g/mol. The maximum Gasteiger partial charge on any atom is 0.0485 e. The van der Waals surface area contributed by atoms with Crippen LogP contribution in [0.25, 0.3) is 0 Å². The van der Waals surface area contributed by atoms with Crippen LogP contribution < -0.4 is 5.32 Å². The van der Waals surface area contributed by atoms with Crippen molar-refractivity contribution in [3.05, 3.63) is 66.2 Å². The summed E-state index contributed by atoms with van der Waals surface area (Å²) in [6.45, 7) is 2.17. The molecule has 0 bridgehead atoms. The molecule has 0 spiro atoms. The molecule has 0 aromatic heterocycles. The van der Waals surface area contributed by atoms with Crippen molar-refractivity contribution in [1.82, 2.24) is 0 Å². The normalized spacial score (nSPS) is 11.3. The maximum atomic E-state index is 3.46. The van der Waals surface area contributed by atoms with E-state index in [-0.39, 0.29) is 12.4 Å². The minimum atomic E-state index is 0. The van der Waals surface area contributed by atoms with Crippen molar-refractivity contribution >= 4 is 18.1 Å². The van der Waals surface area contributed by atoms with E-state index in [1.54, 1.807) is 0 Å². The number of benzene rings is 2. The second kappa shape index (κ2) is 6.19. The Morgan fingerprint density at radius 3 is 1.88 bits per heavy atom. The molecule has 0 aliphatic heterocycles. The third-order valence-electron chi connectivity index (χ3n) is 2.46. The van der Waals surface area contributed by atoms with Crippen LogP contribution in [-0.2, 0) is 0 Å². The predicted octanol–water partition coefficient (Wildman–Crippen LogP) is 4.28. The molecule has 1 N–H and O–H groups in total. The SMILES string of the molecule is CC(Nc1ccccc1)c1ccccc1.Cl. The lowest BCUT2D eigenvalue weighted by atomic mass is 10.1. The van der Waals surface area contributed by atoms with Gasteiger partial charge in [-0.05, 0) is 24.6 Å². The van der Waals surface area contributed by atoms with Gasteiger partial charge in [0.2, 0.25) is 0 Å². The molecule has 0 amide bonds. The Hall–Kier alpha value is -1.47. The first-order chi connectivity index (χ1) is 7.36. The molecule has 2 heteroatoms. The van der Waals surface area contributed by atoms with E-state index in [2.05, 4.69) is 48.6 Å². The van der Waals surface area contributed by atoms with Gasteiger partial charge in [0.25, 0.3) is 0 Å². The Morgan fingerprint density at radius 1 is 0.812 bits per heavy atom. The summed E-state index contributed by atoms with van der Waals surface area (Å²) in [5.74, 6) is 0. The lowest BCUT2D eigenvalue weighted by Gasteiger charge is -2.15. The number of hydrogen-bond donors (Lipinski definition) is 1. The molecule has 1 unspecified atom stereocenters. The monoisotopic (exact) mass is 233 g/mol. The Bertz CT molecular complexity index is 400. The van der Waals surface area contributed by atoms with Crippen LogP contribution in [0.4, 0.5) is 5.69 Å². The highest BCUT2D eigenvalue weighted by Crippen LogP contribution is 2.17. The third-order valence-corrected chi connectivity index (χ3v) is 2.46. The molecule has 0 aliphatic carbocycles. The van der Waals surface area contributed by atoms with Crippen LogP contribution in [0.3, 0.4) is 0 Å². The van der Waals surface area contributed by atoms with Crippen molar-refractivity contribution < 1.29 is 0 Å². The summed E-state index contributed by atoms with van der Waals surface area (Å²) >= 11 is 0. The van der Waals surface area contributed by atoms with Crippen LogP contribution in [0.15, 0.2) is 60.7 Å². The summed E-state index contributed by atoms with van der Waals surface area (Å²) < 4.78 is 0. The fourth-order valence-corrected chi connectivity index (χ4v) is 1.61. The molecule has 1 atom stereocenters. The summed E-state index contributed by atoms with van der Waals surface area (Å²) in [6, 6.07) is 21.1. The summed E-state index contributed by atoms with van der Waals surface area (Å²) in [6.07, 6.45) is 0. The molecule has 0 saturated carbocycles. The van der Waals surface area contributed by atoms with Gasteiger partial charge in [-0.2, -0.15) is 0 Å². The second-order valence-corrected chi connectivity index (χ2v) is 3.64. The highest BCUT2D eigenvalue weighted by Gasteiger charge is 2.02. The van der Waals surface area contributed by atoms with E-state index in [9.17, 15) is 0 Å². The summed E-state index contributed by atoms with van der Waals surface area (Å²) in [7, 11) is 0. The van der Waals surface area contributed by atoms with Gasteiger partial charge in [0.15, 0.2) is 0 Å². The van der Waals surface area contributed by atoms with E-state index in [0.29, 0.717) is 6.04 Å². The van der Waals surface area contributed by atoms with Crippen molar-refractivity contribution in [1.29, 1.82) is 0 Å². The lowest BCUT2D eigenvalue weighted by molar-refractivity contribution is 0.885. The molecule has 84 valence electrons. The predicted molar refractivity (Wildman–Crippen MR) is 72.2 cm³/mol. The van der Waals surface area contributed by atoms with Gasteiger partial charge < -0.3 is 5.32 Å². The molecule has 2 aromatic carbocycles. The molecular weight excluding hydrogens is 218 g/mol. The van der Waals surface area contributed by atoms with E-state index < -0.39 is 0 Å². The van der Waals surface area contributed by atoms with Gasteiger partial charge in [-0.25, -0.2) is 0 Å². The zero-order valence-corrected chi connectivity index (χ0v) is 10.1. The van der Waals surface area contributed by atoms with Crippen molar-refractivity contribution in [2.45, 2.75) is 13.0 Å². The number of rotatable bonds is 3. The second-order valence-electron chi connectivity index (χ2n) is 3.64. The van der Waals surface area contributed by atoms with Crippen LogP contribution in [0, 0.1) is 0 Å². The molecule has 1 nitrogen and oxygen atoms in total. The van der Waals surface area contributed by atoms with Gasteiger partial charge in [0, 0.05) is 11.7 Å². The molecule has 16 heavy (non-hydrogen) atoms. The minimum absolute atomic E-state index is 0. The van der Waals surface area contributed by atoms with Crippen LogP contribution in [-0.4, -0.2) is 0 Å². The number of hydrogen-bond acceptors (Lipinski definition) is 1. The Morgan fingerprint density at radius 2 is 1.31 bits per heavy atom. The van der Waals surface area contributed by atoms with E-state index in [4.69, 9.17) is 0 Å². The molecule has 0 aliphatic rings. The van der Waals surface area contributed by atoms with Crippen LogP contribution in [0.2, 0.25) is 0 Å². The van der Waals surface area contributed by atoms with Crippen molar-refractivity contribution in [3.8, 4) is 0 Å². The third kappa shape index (κ3) is 3.28. The van der Waals surface area contributed by atoms with E-state index in [1.165, 1.54) is 5.56 Å². The van der Waals surface area contributed by atoms with Crippen LogP contribution in [0.5, 0.6) is 0 Å². The van der Waals surface area contributed by atoms with Crippen LogP contribution in [0.1, 0.15) is 18.5 Å². The minimum Gasteiger partial charge on any atom is -0.379 e. The highest BCUT2D eigenvalue weighted by molar-refractivity contribution is 5.85. The first-order valence-electron chi connectivity index (χ1n) is 5.23. The standard InChI is InChI=1S/C14H15N.ClH/c1-12(13-8-4-2-5-9-13)15-14-10-6-3-7-11-14;/h2-12,15H,1H3;1H. The smallest absolute Gasteiger partial charge is 0.0485 e. The van der Waals surface area contributed by atoms with E-state index in [1.807, 2.05) is 24.3 Å². The molecule has 0 saturated heterocycles. The number of nitrogens with one attached hydrogen (secondary N) is 1. The van der Waals surface area contributed by atoms with Gasteiger partial charge in [0.1, 0.15) is 0 Å². The van der Waals surface area contributed by atoms with Crippen LogP contribution >= 0.6 is 12.4 Å². The number of para-hydroxylation sites is 1. The Balaban J connectivity index is 0.00000128. The van der Waals surface area contributed by atoms with Gasteiger partial charge in [0.05, 0.1) is 0 Å². The van der Waals surface area contributed by atoms with E-state index >= 15 is 0 Å². The summed E-state index contributed by atoms with van der Waals surface area (Å²) in [4.78, 5) is 0. The highest BCUT2D eigenvalue weighted by atomic mass is 35.5. The topological polar surface area (TPSA) is 12.0 Å². The van der Waals surface area contributed by atoms with Gasteiger partial charge in [-0.1, -0.05) is 48.5 Å². The van der Waals surface area contributed by atoms with Gasteiger partial charge in [-0.15, -0.1) is 12.4 Å². The lowest BCUT2D eigenvalue weighted by Crippen LogP contribution is -2.05. The zero-order valence-electron chi connectivity index (χ0n) is 9.26. The first-order valence-corrected chi connectivity index (χ1v) is 5.23. The van der Waals surface area contributed by atoms with Gasteiger partial charge >= 0.3 is 0 Å². The van der Waals surface area contributed by atoms with Crippen molar-refractivity contribution in [2.24, 2.45) is 0 Å². The number of anilines is 1. The average Bonchev–Trinajstić information content (AvgIpc) is 2.31. The Kier molecular flexibility index (Phi) is 4.87.